The zero-order valence-electron chi connectivity index (χ0n) is 7.05. The average Bonchev–Trinajstić information content (AvgIpc) is 2.15. The van der Waals surface area contributed by atoms with Gasteiger partial charge in [-0.15, -0.1) is 0 Å². The number of carbonyl (C=O) groups excluding carboxylic acids is 1. The van der Waals surface area contributed by atoms with Crippen LogP contribution < -0.4 is 0 Å². The molecule has 1 aliphatic carbocycles. The molecule has 1 heterocycles. The molecule has 2 atom stereocenters. The van der Waals surface area contributed by atoms with Crippen LogP contribution in [0.3, 0.4) is 0 Å². The summed E-state index contributed by atoms with van der Waals surface area (Å²) in [5.41, 5.74) is 0. The molecule has 0 N–H and O–H groups in total. The summed E-state index contributed by atoms with van der Waals surface area (Å²) in [7, 11) is 2.12. The van der Waals surface area contributed by atoms with Crippen LogP contribution in [0.2, 0.25) is 0 Å². The van der Waals surface area contributed by atoms with Gasteiger partial charge in [0.15, 0.2) is 0 Å². The Kier molecular flexibility index (Phi) is 1.72. The average molecular weight is 153 g/mol. The van der Waals surface area contributed by atoms with E-state index in [2.05, 4.69) is 11.9 Å². The standard InChI is InChI=1S/C9H15NO/c1-10-3-2-7-4-8(6-10)9(11)5-7/h7-8H,2-6H2,1H3. The highest BCUT2D eigenvalue weighted by molar-refractivity contribution is 5.83. The summed E-state index contributed by atoms with van der Waals surface area (Å²) < 4.78 is 0. The van der Waals surface area contributed by atoms with Gasteiger partial charge in [0.05, 0.1) is 0 Å². The fraction of sp³-hybridized carbons (Fsp3) is 0.889. The molecule has 2 aliphatic rings. The second kappa shape index (κ2) is 2.59. The monoisotopic (exact) mass is 153 g/mol. The normalized spacial score (nSPS) is 39.2. The minimum Gasteiger partial charge on any atom is -0.306 e. The largest absolute Gasteiger partial charge is 0.306 e. The van der Waals surface area contributed by atoms with E-state index < -0.39 is 0 Å². The van der Waals surface area contributed by atoms with Crippen LogP contribution in [0, 0.1) is 11.8 Å². The molecule has 1 saturated heterocycles. The van der Waals surface area contributed by atoms with E-state index in [1.807, 2.05) is 0 Å². The third kappa shape index (κ3) is 1.32. The van der Waals surface area contributed by atoms with Crippen LogP contribution in [-0.2, 0) is 4.79 Å². The Hall–Kier alpha value is -0.370. The maximum Gasteiger partial charge on any atom is 0.137 e. The van der Waals surface area contributed by atoms with Crippen molar-refractivity contribution in [1.82, 2.24) is 4.90 Å². The molecule has 11 heavy (non-hydrogen) atoms. The molecule has 0 aromatic heterocycles. The van der Waals surface area contributed by atoms with Crippen molar-refractivity contribution >= 4 is 5.78 Å². The number of ketones is 1. The molecule has 2 fully saturated rings. The summed E-state index contributed by atoms with van der Waals surface area (Å²) >= 11 is 0. The Labute approximate surface area is 67.6 Å². The SMILES string of the molecule is CN1CCC2CC(=O)C(C2)C1. The van der Waals surface area contributed by atoms with Gasteiger partial charge in [-0.25, -0.2) is 0 Å². The minimum atomic E-state index is 0.382. The molecule has 0 aromatic carbocycles. The molecule has 2 nitrogen and oxygen atoms in total. The summed E-state index contributed by atoms with van der Waals surface area (Å²) in [5.74, 6) is 1.62. The number of hydrogen-bond acceptors (Lipinski definition) is 2. The number of hydrogen-bond donors (Lipinski definition) is 0. The number of Topliss-reactive ketones (excluding diaryl/α,β-unsaturated/α-hetero) is 1. The van der Waals surface area contributed by atoms with Crippen LogP contribution >= 0.6 is 0 Å². The van der Waals surface area contributed by atoms with Crippen molar-refractivity contribution in [3.05, 3.63) is 0 Å². The Balaban J connectivity index is 2.09. The molecular weight excluding hydrogens is 138 g/mol. The van der Waals surface area contributed by atoms with Crippen LogP contribution in [-0.4, -0.2) is 30.8 Å². The van der Waals surface area contributed by atoms with Gasteiger partial charge in [-0.3, -0.25) is 4.79 Å². The zero-order chi connectivity index (χ0) is 7.84. The first-order valence-corrected chi connectivity index (χ1v) is 4.47. The quantitative estimate of drug-likeness (QED) is 0.515. The summed E-state index contributed by atoms with van der Waals surface area (Å²) in [6, 6.07) is 0. The van der Waals surface area contributed by atoms with Gasteiger partial charge in [-0.2, -0.15) is 0 Å². The van der Waals surface area contributed by atoms with Gasteiger partial charge < -0.3 is 4.90 Å². The van der Waals surface area contributed by atoms with Crippen LogP contribution in [0.15, 0.2) is 0 Å². The fourth-order valence-electron chi connectivity index (χ4n) is 2.34. The maximum atomic E-state index is 11.3. The van der Waals surface area contributed by atoms with Crippen molar-refractivity contribution in [2.24, 2.45) is 11.8 Å². The van der Waals surface area contributed by atoms with Gasteiger partial charge in [0, 0.05) is 18.9 Å². The van der Waals surface area contributed by atoms with E-state index in [1.54, 1.807) is 0 Å². The van der Waals surface area contributed by atoms with E-state index >= 15 is 0 Å². The lowest BCUT2D eigenvalue weighted by atomic mass is 10.0. The zero-order valence-corrected chi connectivity index (χ0v) is 7.05. The fourth-order valence-corrected chi connectivity index (χ4v) is 2.34. The van der Waals surface area contributed by atoms with E-state index in [9.17, 15) is 4.79 Å². The van der Waals surface area contributed by atoms with Gasteiger partial charge in [0.2, 0.25) is 0 Å². The smallest absolute Gasteiger partial charge is 0.137 e. The Morgan fingerprint density at radius 2 is 2.36 bits per heavy atom. The van der Waals surface area contributed by atoms with Gasteiger partial charge in [0.25, 0.3) is 0 Å². The van der Waals surface area contributed by atoms with Gasteiger partial charge in [-0.05, 0) is 32.4 Å². The Morgan fingerprint density at radius 1 is 1.55 bits per heavy atom. The number of likely N-dealkylation sites (tertiary alicyclic amines) is 1. The highest BCUT2D eigenvalue weighted by atomic mass is 16.1. The topological polar surface area (TPSA) is 20.3 Å². The molecule has 1 aliphatic heterocycles. The van der Waals surface area contributed by atoms with Gasteiger partial charge in [0.1, 0.15) is 5.78 Å². The molecule has 1 saturated carbocycles. The summed E-state index contributed by atoms with van der Waals surface area (Å²) in [6.07, 6.45) is 3.28. The van der Waals surface area contributed by atoms with Crippen molar-refractivity contribution in [3.8, 4) is 0 Å². The number of rotatable bonds is 0. The molecular formula is C9H15NO. The highest BCUT2D eigenvalue weighted by Crippen LogP contribution is 2.33. The van der Waals surface area contributed by atoms with Gasteiger partial charge in [-0.1, -0.05) is 0 Å². The van der Waals surface area contributed by atoms with Gasteiger partial charge >= 0.3 is 0 Å². The first-order chi connectivity index (χ1) is 5.25. The number of nitrogens with zero attached hydrogens (tertiary/aromatic N) is 1. The summed E-state index contributed by atoms with van der Waals surface area (Å²) in [5, 5.41) is 0. The summed E-state index contributed by atoms with van der Waals surface area (Å²) in [4.78, 5) is 13.6. The minimum absolute atomic E-state index is 0.382. The third-order valence-corrected chi connectivity index (χ3v) is 3.01. The first kappa shape index (κ1) is 7.29. The molecule has 0 radical (unpaired) electrons. The lowest BCUT2D eigenvalue weighted by Gasteiger charge is -2.18. The van der Waals surface area contributed by atoms with Crippen LogP contribution in [0.4, 0.5) is 0 Å². The summed E-state index contributed by atoms with van der Waals surface area (Å²) in [6.45, 7) is 2.20. The molecule has 2 rings (SSSR count). The van der Waals surface area contributed by atoms with E-state index in [0.717, 1.165) is 18.9 Å². The van der Waals surface area contributed by atoms with Crippen molar-refractivity contribution in [3.63, 3.8) is 0 Å². The van der Waals surface area contributed by atoms with E-state index in [4.69, 9.17) is 0 Å². The molecule has 0 amide bonds. The predicted octanol–water partition coefficient (Wildman–Crippen LogP) is 0.917. The third-order valence-electron chi connectivity index (χ3n) is 3.01. The van der Waals surface area contributed by atoms with Crippen molar-refractivity contribution in [1.29, 1.82) is 0 Å². The molecule has 0 aromatic rings. The molecule has 2 unspecified atom stereocenters. The second-order valence-electron chi connectivity index (χ2n) is 4.02. The Bertz CT molecular complexity index is 178. The van der Waals surface area contributed by atoms with E-state index in [-0.39, 0.29) is 0 Å². The molecule has 0 spiro atoms. The van der Waals surface area contributed by atoms with Crippen molar-refractivity contribution in [2.75, 3.05) is 20.1 Å². The maximum absolute atomic E-state index is 11.3. The highest BCUT2D eigenvalue weighted by Gasteiger charge is 2.35. The second-order valence-corrected chi connectivity index (χ2v) is 4.02. The molecule has 2 bridgehead atoms. The van der Waals surface area contributed by atoms with Crippen LogP contribution in [0.25, 0.3) is 0 Å². The number of fused-ring (bicyclic) bond motifs is 2. The number of carbonyl (C=O) groups is 1. The van der Waals surface area contributed by atoms with Crippen LogP contribution in [0.1, 0.15) is 19.3 Å². The van der Waals surface area contributed by atoms with E-state index in [1.165, 1.54) is 19.4 Å². The first-order valence-electron chi connectivity index (χ1n) is 4.47. The lowest BCUT2D eigenvalue weighted by Crippen LogP contribution is -2.28. The molecule has 62 valence electrons. The Morgan fingerprint density at radius 3 is 3.18 bits per heavy atom. The lowest BCUT2D eigenvalue weighted by molar-refractivity contribution is -0.121. The molecule has 2 heteroatoms. The van der Waals surface area contributed by atoms with E-state index in [0.29, 0.717) is 11.7 Å². The van der Waals surface area contributed by atoms with Crippen molar-refractivity contribution in [2.45, 2.75) is 19.3 Å². The van der Waals surface area contributed by atoms with Crippen LogP contribution in [0.5, 0.6) is 0 Å². The predicted molar refractivity (Wildman–Crippen MR) is 43.3 cm³/mol. The van der Waals surface area contributed by atoms with Crippen molar-refractivity contribution < 1.29 is 4.79 Å².